The zero-order valence-corrected chi connectivity index (χ0v) is 13.6. The van der Waals surface area contributed by atoms with Gasteiger partial charge in [0.1, 0.15) is 0 Å². The van der Waals surface area contributed by atoms with E-state index in [4.69, 9.17) is 23.1 Å². The molecule has 0 aliphatic carbocycles. The van der Waals surface area contributed by atoms with Crippen LogP contribution in [0.2, 0.25) is 5.02 Å². The van der Waals surface area contributed by atoms with Gasteiger partial charge in [-0.2, -0.15) is 4.99 Å². The van der Waals surface area contributed by atoms with E-state index in [1.165, 1.54) is 12.3 Å². The van der Waals surface area contributed by atoms with E-state index < -0.39 is 21.7 Å². The van der Waals surface area contributed by atoms with Gasteiger partial charge in [-0.1, -0.05) is 17.7 Å². The largest absolute Gasteiger partial charge is 0.370 e. The molecule has 2 aromatic rings. The smallest absolute Gasteiger partial charge is 0.281 e. The monoisotopic (exact) mass is 352 g/mol. The summed E-state index contributed by atoms with van der Waals surface area (Å²) < 4.78 is 24.1. The number of halogens is 1. The fourth-order valence-corrected chi connectivity index (χ4v) is 3.06. The molecule has 120 valence electrons. The Kier molecular flexibility index (Phi) is 4.67. The number of nitrogens with zero attached hydrogens (tertiary/aromatic N) is 2. The molecule has 1 aromatic carbocycles. The molecule has 0 aliphatic rings. The van der Waals surface area contributed by atoms with Crippen molar-refractivity contribution in [1.82, 2.24) is 4.98 Å². The molecule has 0 spiro atoms. The number of hydrogen-bond acceptors (Lipinski definition) is 4. The molecule has 0 saturated heterocycles. The lowest BCUT2D eigenvalue weighted by Crippen LogP contribution is -2.24. The van der Waals surface area contributed by atoms with Crippen LogP contribution in [0.15, 0.2) is 46.4 Å². The van der Waals surface area contributed by atoms with Crippen LogP contribution in [0.1, 0.15) is 10.4 Å². The van der Waals surface area contributed by atoms with E-state index in [-0.39, 0.29) is 15.5 Å². The minimum Gasteiger partial charge on any atom is -0.370 e. The first-order chi connectivity index (χ1) is 10.7. The maximum atomic E-state index is 12.1. The van der Waals surface area contributed by atoms with Crippen molar-refractivity contribution in [2.24, 2.45) is 16.5 Å². The van der Waals surface area contributed by atoms with Crippen LogP contribution < -0.4 is 11.5 Å². The van der Waals surface area contributed by atoms with Crippen LogP contribution in [-0.4, -0.2) is 31.5 Å². The number of aromatic nitrogens is 1. The molecule has 9 heteroatoms. The Bertz CT molecular complexity index is 892. The van der Waals surface area contributed by atoms with E-state index in [1.54, 1.807) is 18.2 Å². The number of carbonyl (C=O) groups excluding carboxylic acids is 1. The third kappa shape index (κ3) is 3.85. The van der Waals surface area contributed by atoms with Gasteiger partial charge >= 0.3 is 0 Å². The minimum atomic E-state index is -3.64. The summed E-state index contributed by atoms with van der Waals surface area (Å²) in [5, 5.41) is 0.0213. The van der Waals surface area contributed by atoms with E-state index in [2.05, 4.69) is 9.98 Å². The van der Waals surface area contributed by atoms with Gasteiger partial charge in [-0.25, -0.2) is 8.42 Å². The molecule has 0 aliphatic heterocycles. The van der Waals surface area contributed by atoms with E-state index in [9.17, 15) is 13.2 Å². The van der Waals surface area contributed by atoms with E-state index in [0.717, 1.165) is 12.3 Å². The first-order valence-corrected chi connectivity index (χ1v) is 8.56. The van der Waals surface area contributed by atoms with E-state index >= 15 is 0 Å². The van der Waals surface area contributed by atoms with Crippen LogP contribution in [0.3, 0.4) is 0 Å². The van der Waals surface area contributed by atoms with Crippen molar-refractivity contribution in [3.8, 4) is 11.3 Å². The number of hydrogen-bond donors (Lipinski definition) is 2. The third-order valence-corrected chi connectivity index (χ3v) is 4.32. The number of sulfone groups is 1. The van der Waals surface area contributed by atoms with Crippen LogP contribution in [0.5, 0.6) is 0 Å². The summed E-state index contributed by atoms with van der Waals surface area (Å²) in [6.07, 6.45) is 2.55. The molecule has 1 heterocycles. The number of nitrogens with two attached hydrogens (primary N) is 2. The molecule has 0 radical (unpaired) electrons. The third-order valence-electron chi connectivity index (χ3n) is 2.87. The summed E-state index contributed by atoms with van der Waals surface area (Å²) in [6, 6.07) is 7.55. The van der Waals surface area contributed by atoms with Gasteiger partial charge in [-0.05, 0) is 24.3 Å². The van der Waals surface area contributed by atoms with Crippen LogP contribution >= 0.6 is 11.6 Å². The molecular formula is C14H13ClN4O3S. The summed E-state index contributed by atoms with van der Waals surface area (Å²) >= 11 is 6.09. The Morgan fingerprint density at radius 1 is 1.26 bits per heavy atom. The Morgan fingerprint density at radius 3 is 2.48 bits per heavy atom. The second-order valence-electron chi connectivity index (χ2n) is 4.66. The molecule has 1 amide bonds. The lowest BCUT2D eigenvalue weighted by molar-refractivity contribution is 0.100. The molecule has 7 nitrogen and oxygen atoms in total. The first-order valence-electron chi connectivity index (χ1n) is 6.29. The molecule has 2 rings (SSSR count). The lowest BCUT2D eigenvalue weighted by atomic mass is 10.1. The highest BCUT2D eigenvalue weighted by molar-refractivity contribution is 7.90. The number of amides is 1. The second kappa shape index (κ2) is 6.35. The zero-order valence-electron chi connectivity index (χ0n) is 12.0. The van der Waals surface area contributed by atoms with E-state index in [1.807, 2.05) is 0 Å². The molecule has 0 fully saturated rings. The van der Waals surface area contributed by atoms with Crippen molar-refractivity contribution in [3.05, 3.63) is 47.1 Å². The van der Waals surface area contributed by atoms with Gasteiger partial charge in [0.05, 0.1) is 21.2 Å². The Labute approximate surface area is 137 Å². The first kappa shape index (κ1) is 16.9. The molecule has 23 heavy (non-hydrogen) atoms. The summed E-state index contributed by atoms with van der Waals surface area (Å²) in [7, 11) is -3.64. The van der Waals surface area contributed by atoms with Gasteiger partial charge in [-0.3, -0.25) is 9.78 Å². The van der Waals surface area contributed by atoms with Crippen molar-refractivity contribution in [2.45, 2.75) is 4.90 Å². The summed E-state index contributed by atoms with van der Waals surface area (Å²) in [5.74, 6) is -1.27. The molecular weight excluding hydrogens is 340 g/mol. The SMILES string of the molecule is CS(=O)(=O)c1cc(C(=O)N=C(N)N)c(Cl)cc1-c1ccccn1. The number of benzene rings is 1. The van der Waals surface area contributed by atoms with Crippen LogP contribution in [0.25, 0.3) is 11.3 Å². The Hall–Kier alpha value is -2.45. The number of guanidine groups is 1. The summed E-state index contributed by atoms with van der Waals surface area (Å²) in [5.41, 5.74) is 10.9. The van der Waals surface area contributed by atoms with Gasteiger partial charge < -0.3 is 11.5 Å². The van der Waals surface area contributed by atoms with Gasteiger partial charge in [-0.15, -0.1) is 0 Å². The van der Waals surface area contributed by atoms with Crippen molar-refractivity contribution in [3.63, 3.8) is 0 Å². The molecule has 0 saturated carbocycles. The van der Waals surface area contributed by atoms with Crippen molar-refractivity contribution < 1.29 is 13.2 Å². The van der Waals surface area contributed by atoms with Gasteiger partial charge in [0.15, 0.2) is 15.8 Å². The topological polar surface area (TPSA) is 128 Å². The molecule has 0 atom stereocenters. The van der Waals surface area contributed by atoms with Gasteiger partial charge in [0, 0.05) is 18.0 Å². The minimum absolute atomic E-state index is 0.0213. The highest BCUT2D eigenvalue weighted by Crippen LogP contribution is 2.32. The maximum Gasteiger partial charge on any atom is 0.281 e. The van der Waals surface area contributed by atoms with Gasteiger partial charge in [0.25, 0.3) is 5.91 Å². The summed E-state index contributed by atoms with van der Waals surface area (Å²) in [6.45, 7) is 0. The van der Waals surface area contributed by atoms with Crippen LogP contribution in [-0.2, 0) is 9.84 Å². The average Bonchev–Trinajstić information content (AvgIpc) is 2.45. The van der Waals surface area contributed by atoms with Crippen molar-refractivity contribution in [2.75, 3.05) is 6.26 Å². The second-order valence-corrected chi connectivity index (χ2v) is 7.05. The Balaban J connectivity index is 2.74. The highest BCUT2D eigenvalue weighted by Gasteiger charge is 2.21. The quantitative estimate of drug-likeness (QED) is 0.631. The molecule has 0 bridgehead atoms. The van der Waals surface area contributed by atoms with Crippen LogP contribution in [0.4, 0.5) is 0 Å². The molecule has 1 aromatic heterocycles. The number of rotatable bonds is 3. The lowest BCUT2D eigenvalue weighted by Gasteiger charge is -2.11. The standard InChI is InChI=1S/C14H13ClN4O3S/c1-23(21,22)12-7-8(13(20)19-14(16)17)10(15)6-9(12)11-4-2-3-5-18-11/h2-7H,1H3,(H4,16,17,19,20). The predicted molar refractivity (Wildman–Crippen MR) is 87.9 cm³/mol. The van der Waals surface area contributed by atoms with Crippen LogP contribution in [0, 0.1) is 0 Å². The van der Waals surface area contributed by atoms with Crippen molar-refractivity contribution >= 4 is 33.3 Å². The number of aliphatic imine (C=N–C) groups is 1. The predicted octanol–water partition coefficient (Wildman–Crippen LogP) is 1.22. The molecule has 0 unspecified atom stereocenters. The Morgan fingerprint density at radius 2 is 1.96 bits per heavy atom. The average molecular weight is 353 g/mol. The fourth-order valence-electron chi connectivity index (χ4n) is 1.92. The maximum absolute atomic E-state index is 12.1. The fraction of sp³-hybridized carbons (Fsp3) is 0.0714. The summed E-state index contributed by atoms with van der Waals surface area (Å²) in [4.78, 5) is 19.4. The number of carbonyl (C=O) groups is 1. The number of pyridine rings is 1. The molecule has 4 N–H and O–H groups in total. The van der Waals surface area contributed by atoms with E-state index in [0.29, 0.717) is 11.3 Å². The van der Waals surface area contributed by atoms with Gasteiger partial charge in [0.2, 0.25) is 0 Å². The highest BCUT2D eigenvalue weighted by atomic mass is 35.5. The normalized spacial score (nSPS) is 11.0. The van der Waals surface area contributed by atoms with Crippen molar-refractivity contribution in [1.29, 1.82) is 0 Å². The zero-order chi connectivity index (χ0) is 17.2.